The molecule has 0 aliphatic carbocycles. The SMILES string of the molecule is CON(C)Cc1cc(NC(=O)c2ccc(C)c(N3C=C(c4cnc(NC(C)=O)s4)NN3C)c2)cc(C(F)(F)F)c1. The maximum Gasteiger partial charge on any atom is 0.416 e. The van der Waals surface area contributed by atoms with E-state index in [2.05, 4.69) is 21.0 Å². The molecule has 212 valence electrons. The third-order valence-electron chi connectivity index (χ3n) is 5.92. The van der Waals surface area contributed by atoms with Crippen LogP contribution in [0.1, 0.15) is 38.8 Å². The number of hydrogen-bond acceptors (Lipinski definition) is 9. The van der Waals surface area contributed by atoms with Gasteiger partial charge >= 0.3 is 6.18 Å². The number of carbonyl (C=O) groups excluding carboxylic acids is 2. The Morgan fingerprint density at radius 1 is 1.18 bits per heavy atom. The van der Waals surface area contributed by atoms with Gasteiger partial charge in [0.1, 0.15) is 0 Å². The topological polar surface area (TPSA) is 102 Å². The van der Waals surface area contributed by atoms with Crippen LogP contribution in [0.4, 0.5) is 29.7 Å². The van der Waals surface area contributed by atoms with Crippen molar-refractivity contribution in [3.63, 3.8) is 0 Å². The van der Waals surface area contributed by atoms with Crippen LogP contribution in [-0.2, 0) is 22.4 Å². The van der Waals surface area contributed by atoms with Gasteiger partial charge in [-0.15, -0.1) is 5.12 Å². The summed E-state index contributed by atoms with van der Waals surface area (Å²) in [6.45, 7) is 3.37. The number of alkyl halides is 3. The summed E-state index contributed by atoms with van der Waals surface area (Å²) in [7, 11) is 4.79. The number of anilines is 3. The molecule has 10 nitrogen and oxygen atoms in total. The van der Waals surface area contributed by atoms with E-state index in [1.165, 1.54) is 36.5 Å². The Morgan fingerprint density at radius 3 is 2.60 bits per heavy atom. The minimum Gasteiger partial charge on any atom is -0.322 e. The van der Waals surface area contributed by atoms with Gasteiger partial charge in [-0.1, -0.05) is 17.4 Å². The number of halogens is 3. The number of amides is 2. The lowest BCUT2D eigenvalue weighted by Gasteiger charge is -2.26. The van der Waals surface area contributed by atoms with E-state index in [0.717, 1.165) is 28.3 Å². The summed E-state index contributed by atoms with van der Waals surface area (Å²) < 4.78 is 40.6. The van der Waals surface area contributed by atoms with Gasteiger partial charge in [0.05, 0.1) is 28.9 Å². The van der Waals surface area contributed by atoms with E-state index >= 15 is 0 Å². The summed E-state index contributed by atoms with van der Waals surface area (Å²) >= 11 is 1.30. The molecule has 40 heavy (non-hydrogen) atoms. The van der Waals surface area contributed by atoms with Crippen molar-refractivity contribution >= 4 is 45.4 Å². The average molecular weight is 576 g/mol. The minimum absolute atomic E-state index is 0.0174. The first-order valence-electron chi connectivity index (χ1n) is 12.0. The first-order valence-corrected chi connectivity index (χ1v) is 12.8. The molecule has 2 amide bonds. The van der Waals surface area contributed by atoms with Gasteiger partial charge in [-0.05, 0) is 48.4 Å². The number of aromatic nitrogens is 1. The van der Waals surface area contributed by atoms with Crippen LogP contribution in [0.2, 0.25) is 0 Å². The van der Waals surface area contributed by atoms with Crippen molar-refractivity contribution in [3.05, 3.63) is 75.9 Å². The quantitative estimate of drug-likeness (QED) is 0.328. The molecular formula is C26H28F3N7O3S. The number of nitrogens with one attached hydrogen (secondary N) is 3. The molecular weight excluding hydrogens is 547 g/mol. The highest BCUT2D eigenvalue weighted by Gasteiger charge is 2.31. The largest absolute Gasteiger partial charge is 0.416 e. The molecule has 0 unspecified atom stereocenters. The second-order valence-electron chi connectivity index (χ2n) is 9.07. The van der Waals surface area contributed by atoms with Crippen LogP contribution in [0.15, 0.2) is 48.8 Å². The average Bonchev–Trinajstić information content (AvgIpc) is 3.49. The third kappa shape index (κ3) is 6.77. The molecule has 1 aliphatic rings. The monoisotopic (exact) mass is 575 g/mol. The van der Waals surface area contributed by atoms with Crippen molar-refractivity contribution in [2.75, 3.05) is 36.8 Å². The predicted octanol–water partition coefficient (Wildman–Crippen LogP) is 4.84. The van der Waals surface area contributed by atoms with Gasteiger partial charge in [0.2, 0.25) is 5.91 Å². The van der Waals surface area contributed by atoms with E-state index < -0.39 is 17.6 Å². The van der Waals surface area contributed by atoms with Gasteiger partial charge in [-0.3, -0.25) is 20.0 Å². The van der Waals surface area contributed by atoms with Gasteiger partial charge in [0, 0.05) is 51.2 Å². The van der Waals surface area contributed by atoms with E-state index in [4.69, 9.17) is 4.84 Å². The standard InChI is InChI=1S/C26H28F3N7O3S/c1-15-6-7-18(24(38)32-20-9-17(13-34(3)39-5)8-19(11-20)26(27,28)29)10-22(15)36-14-21(33-35(36)4)23-12-30-25(40-23)31-16(2)37/h6-12,14,33H,13H2,1-5H3,(H,32,38)(H,30,31,37). The zero-order chi connectivity index (χ0) is 29.2. The fourth-order valence-electron chi connectivity index (χ4n) is 3.96. The van der Waals surface area contributed by atoms with Crippen molar-refractivity contribution in [1.82, 2.24) is 20.6 Å². The van der Waals surface area contributed by atoms with Crippen LogP contribution in [0.5, 0.6) is 0 Å². The first kappa shape index (κ1) is 29.0. The molecule has 4 rings (SSSR count). The number of nitrogens with zero attached hydrogens (tertiary/aromatic N) is 4. The van der Waals surface area contributed by atoms with Crippen LogP contribution < -0.4 is 21.1 Å². The molecule has 0 spiro atoms. The number of hydroxylamine groups is 2. The molecule has 0 radical (unpaired) electrons. The van der Waals surface area contributed by atoms with Crippen molar-refractivity contribution in [1.29, 1.82) is 0 Å². The van der Waals surface area contributed by atoms with Crippen molar-refractivity contribution in [2.45, 2.75) is 26.6 Å². The van der Waals surface area contributed by atoms with Gasteiger partial charge in [-0.25, -0.2) is 4.98 Å². The molecule has 0 saturated heterocycles. The molecule has 2 aromatic carbocycles. The fraction of sp³-hybridized carbons (Fsp3) is 0.269. The lowest BCUT2D eigenvalue weighted by atomic mass is 10.1. The molecule has 3 N–H and O–H groups in total. The van der Waals surface area contributed by atoms with Crippen LogP contribution in [0.25, 0.3) is 5.70 Å². The smallest absolute Gasteiger partial charge is 0.322 e. The van der Waals surface area contributed by atoms with Crippen LogP contribution in [0, 0.1) is 6.92 Å². The summed E-state index contributed by atoms with van der Waals surface area (Å²) in [5.41, 5.74) is 5.19. The number of hydrogen-bond donors (Lipinski definition) is 3. The molecule has 0 bridgehead atoms. The van der Waals surface area contributed by atoms with E-state index in [0.29, 0.717) is 16.4 Å². The van der Waals surface area contributed by atoms with Gasteiger partial charge in [0.25, 0.3) is 5.91 Å². The highest BCUT2D eigenvalue weighted by molar-refractivity contribution is 7.16. The Kier molecular flexibility index (Phi) is 8.44. The Bertz CT molecular complexity index is 1460. The summed E-state index contributed by atoms with van der Waals surface area (Å²) in [5.74, 6) is -0.782. The second kappa shape index (κ2) is 11.6. The lowest BCUT2D eigenvalue weighted by molar-refractivity contribution is -0.138. The highest BCUT2D eigenvalue weighted by atomic mass is 32.1. The summed E-state index contributed by atoms with van der Waals surface area (Å²) in [6.07, 6.45) is -1.13. The molecule has 14 heteroatoms. The van der Waals surface area contributed by atoms with Gasteiger partial charge in [0.15, 0.2) is 5.13 Å². The van der Waals surface area contributed by atoms with Crippen LogP contribution >= 0.6 is 11.3 Å². The molecule has 2 heterocycles. The molecule has 0 atom stereocenters. The highest BCUT2D eigenvalue weighted by Crippen LogP contribution is 2.34. The summed E-state index contributed by atoms with van der Waals surface area (Å²) in [6, 6.07) is 8.44. The Hall–Kier alpha value is -3.98. The maximum atomic E-state index is 13.5. The zero-order valence-electron chi connectivity index (χ0n) is 22.4. The van der Waals surface area contributed by atoms with E-state index in [1.54, 1.807) is 48.6 Å². The Labute approximate surface area is 232 Å². The first-order chi connectivity index (χ1) is 18.8. The van der Waals surface area contributed by atoms with E-state index in [1.807, 2.05) is 13.1 Å². The Balaban J connectivity index is 1.59. The van der Waals surface area contributed by atoms with Gasteiger partial charge < -0.3 is 15.5 Å². The van der Waals surface area contributed by atoms with Gasteiger partial charge in [-0.2, -0.15) is 18.2 Å². The fourth-order valence-corrected chi connectivity index (χ4v) is 4.79. The second-order valence-corrected chi connectivity index (χ2v) is 10.1. The summed E-state index contributed by atoms with van der Waals surface area (Å²) in [4.78, 5) is 34.5. The number of carbonyl (C=O) groups is 2. The lowest BCUT2D eigenvalue weighted by Crippen LogP contribution is -2.39. The molecule has 3 aromatic rings. The third-order valence-corrected chi connectivity index (χ3v) is 6.87. The number of rotatable bonds is 8. The van der Waals surface area contributed by atoms with E-state index in [-0.39, 0.29) is 23.7 Å². The minimum atomic E-state index is -4.59. The molecule has 1 aliphatic heterocycles. The van der Waals surface area contributed by atoms with E-state index in [9.17, 15) is 22.8 Å². The number of aryl methyl sites for hydroxylation is 1. The van der Waals surface area contributed by atoms with Crippen LogP contribution in [0.3, 0.4) is 0 Å². The maximum absolute atomic E-state index is 13.5. The predicted molar refractivity (Wildman–Crippen MR) is 147 cm³/mol. The van der Waals surface area contributed by atoms with Crippen LogP contribution in [-0.4, -0.2) is 48.2 Å². The molecule has 1 aromatic heterocycles. The molecule has 0 fully saturated rings. The normalized spacial score (nSPS) is 13.8. The molecule has 0 saturated carbocycles. The number of benzene rings is 2. The number of hydrazine groups is 2. The van der Waals surface area contributed by atoms with Crippen molar-refractivity contribution in [2.24, 2.45) is 0 Å². The number of thiazole rings is 1. The zero-order valence-corrected chi connectivity index (χ0v) is 23.2. The van der Waals surface area contributed by atoms with Crippen molar-refractivity contribution < 1.29 is 27.6 Å². The summed E-state index contributed by atoms with van der Waals surface area (Å²) in [5, 5.41) is 10.6. The van der Waals surface area contributed by atoms with Crippen molar-refractivity contribution in [3.8, 4) is 0 Å². The Morgan fingerprint density at radius 2 is 1.93 bits per heavy atom.